The number of benzene rings is 3. The molecule has 5 rings (SSSR count). The van der Waals surface area contributed by atoms with Crippen LogP contribution in [0.3, 0.4) is 0 Å². The molecule has 4 N–H and O–H groups in total. The Morgan fingerprint density at radius 3 is 2.29 bits per heavy atom. The number of nitrogens with two attached hydrogens (primary N) is 1. The number of carboxylic acid groups (broad SMARTS) is 1. The number of nitrogens with zero attached hydrogens (tertiary/aromatic N) is 2. The Morgan fingerprint density at radius 1 is 1.00 bits per heavy atom. The highest BCUT2D eigenvalue weighted by Gasteiger charge is 2.56. The number of likely N-dealkylation sites (tertiary alicyclic amines) is 2. The standard InChI is InChI=1S/C32H33FN4O7S/c33-24-14-5-4-12-22(24)28-26(45(43,44)21-10-2-1-3-11-21)19-25(30(39)36-16-6-7-17-36)37(28)29(31(40)41)23-13-8-9-20(15-18-38)27(23)35-32(34)42/h1-5,8-14,18,25-26,28-29H,6-7,15-17,19H2,(H,40,41)(H3,34,35,42). The molecule has 236 valence electrons. The van der Waals surface area contributed by atoms with Crippen molar-refractivity contribution in [2.75, 3.05) is 18.4 Å². The average molecular weight is 637 g/mol. The van der Waals surface area contributed by atoms with Crippen molar-refractivity contribution in [3.63, 3.8) is 0 Å². The van der Waals surface area contributed by atoms with Crippen LogP contribution in [0.5, 0.6) is 0 Å². The zero-order chi connectivity index (χ0) is 32.3. The summed E-state index contributed by atoms with van der Waals surface area (Å²) in [6, 6.07) is 11.9. The number of primary amides is 1. The fourth-order valence-electron chi connectivity index (χ4n) is 6.54. The molecule has 2 aliphatic heterocycles. The van der Waals surface area contributed by atoms with E-state index in [2.05, 4.69) is 5.32 Å². The summed E-state index contributed by atoms with van der Waals surface area (Å²) in [6.45, 7) is 0.815. The molecular weight excluding hydrogens is 603 g/mol. The van der Waals surface area contributed by atoms with Gasteiger partial charge in [0.2, 0.25) is 5.91 Å². The zero-order valence-corrected chi connectivity index (χ0v) is 25.0. The zero-order valence-electron chi connectivity index (χ0n) is 24.2. The van der Waals surface area contributed by atoms with E-state index in [9.17, 15) is 32.7 Å². The molecule has 3 aromatic carbocycles. The van der Waals surface area contributed by atoms with Crippen molar-refractivity contribution in [3.05, 3.63) is 95.3 Å². The maximum atomic E-state index is 15.7. The van der Waals surface area contributed by atoms with Gasteiger partial charge >= 0.3 is 12.0 Å². The maximum Gasteiger partial charge on any atom is 0.325 e. The molecule has 45 heavy (non-hydrogen) atoms. The fraction of sp³-hybridized carbons (Fsp3) is 0.312. The number of para-hydroxylation sites is 1. The SMILES string of the molecule is NC(=O)Nc1c(CC=O)cccc1C(C(=O)O)N1C(C(=O)N2CCCC2)CC(S(=O)(=O)c2ccccc2)C1c1ccccc1F. The first kappa shape index (κ1) is 31.8. The molecule has 2 fully saturated rings. The van der Waals surface area contributed by atoms with Crippen LogP contribution >= 0.6 is 0 Å². The van der Waals surface area contributed by atoms with Gasteiger partial charge in [0.15, 0.2) is 9.84 Å². The average Bonchev–Trinajstić information content (AvgIpc) is 3.69. The van der Waals surface area contributed by atoms with Crippen molar-refractivity contribution in [2.24, 2.45) is 5.73 Å². The van der Waals surface area contributed by atoms with Crippen LogP contribution in [-0.4, -0.2) is 71.9 Å². The molecule has 0 aliphatic carbocycles. The number of hydrogen-bond donors (Lipinski definition) is 3. The predicted molar refractivity (Wildman–Crippen MR) is 162 cm³/mol. The molecule has 3 amide bonds. The van der Waals surface area contributed by atoms with Crippen LogP contribution in [0.2, 0.25) is 0 Å². The highest BCUT2D eigenvalue weighted by molar-refractivity contribution is 7.92. The summed E-state index contributed by atoms with van der Waals surface area (Å²) in [7, 11) is -4.27. The van der Waals surface area contributed by atoms with Crippen molar-refractivity contribution >= 4 is 39.7 Å². The lowest BCUT2D eigenvalue weighted by atomic mass is 9.95. The number of amides is 3. The number of carbonyl (C=O) groups excluding carboxylic acids is 3. The first-order valence-electron chi connectivity index (χ1n) is 14.5. The molecule has 4 unspecified atom stereocenters. The van der Waals surface area contributed by atoms with Crippen LogP contribution in [0.4, 0.5) is 14.9 Å². The largest absolute Gasteiger partial charge is 0.480 e. The number of urea groups is 1. The third-order valence-corrected chi connectivity index (χ3v) is 10.6. The van der Waals surface area contributed by atoms with Crippen molar-refractivity contribution in [3.8, 4) is 0 Å². The summed E-state index contributed by atoms with van der Waals surface area (Å²) in [6.07, 6.45) is 1.50. The van der Waals surface area contributed by atoms with Gasteiger partial charge in [0.1, 0.15) is 18.1 Å². The first-order chi connectivity index (χ1) is 21.6. The third-order valence-electron chi connectivity index (χ3n) is 8.45. The Labute approximate surface area is 259 Å². The topological polar surface area (TPSA) is 167 Å². The minimum absolute atomic E-state index is 0.0426. The number of carboxylic acids is 1. The van der Waals surface area contributed by atoms with Crippen LogP contribution in [0, 0.1) is 5.82 Å². The van der Waals surface area contributed by atoms with Gasteiger partial charge in [0, 0.05) is 30.6 Å². The summed E-state index contributed by atoms with van der Waals surface area (Å²) >= 11 is 0. The Hall–Kier alpha value is -4.62. The van der Waals surface area contributed by atoms with E-state index in [1.54, 1.807) is 23.1 Å². The van der Waals surface area contributed by atoms with Gasteiger partial charge < -0.3 is 25.9 Å². The molecule has 0 aromatic heterocycles. The van der Waals surface area contributed by atoms with Crippen LogP contribution in [0.25, 0.3) is 0 Å². The molecule has 13 heteroatoms. The molecule has 0 spiro atoms. The molecule has 2 heterocycles. The second kappa shape index (κ2) is 13.2. The molecule has 3 aromatic rings. The summed E-state index contributed by atoms with van der Waals surface area (Å²) in [5.74, 6) is -2.73. The highest BCUT2D eigenvalue weighted by Crippen LogP contribution is 2.49. The monoisotopic (exact) mass is 636 g/mol. The summed E-state index contributed by atoms with van der Waals surface area (Å²) in [4.78, 5) is 53.9. The van der Waals surface area contributed by atoms with Gasteiger partial charge in [-0.2, -0.15) is 0 Å². The van der Waals surface area contributed by atoms with E-state index in [1.165, 1.54) is 53.4 Å². The number of carbonyl (C=O) groups is 4. The highest BCUT2D eigenvalue weighted by atomic mass is 32.2. The lowest BCUT2D eigenvalue weighted by Gasteiger charge is -2.38. The number of aliphatic carboxylic acids is 1. The molecule has 0 bridgehead atoms. The molecule has 11 nitrogen and oxygen atoms in total. The lowest BCUT2D eigenvalue weighted by molar-refractivity contribution is -0.148. The molecular formula is C32H33FN4O7S. The van der Waals surface area contributed by atoms with Crippen LogP contribution in [0.15, 0.2) is 77.7 Å². The second-order valence-corrected chi connectivity index (χ2v) is 13.2. The van der Waals surface area contributed by atoms with Crippen molar-refractivity contribution in [2.45, 2.75) is 54.0 Å². The number of sulfone groups is 1. The summed E-state index contributed by atoms with van der Waals surface area (Å²) < 4.78 is 44.3. The number of halogens is 1. The normalized spacial score (nSPS) is 20.9. The van der Waals surface area contributed by atoms with E-state index in [0.29, 0.717) is 19.4 Å². The third kappa shape index (κ3) is 6.18. The van der Waals surface area contributed by atoms with Crippen molar-refractivity contribution < 1.29 is 37.1 Å². The predicted octanol–water partition coefficient (Wildman–Crippen LogP) is 3.46. The Morgan fingerprint density at radius 2 is 1.67 bits per heavy atom. The number of hydrogen-bond acceptors (Lipinski definition) is 7. The number of nitrogens with one attached hydrogen (secondary N) is 1. The van der Waals surface area contributed by atoms with Crippen molar-refractivity contribution in [1.82, 2.24) is 9.80 Å². The first-order valence-corrected chi connectivity index (χ1v) is 16.0. The van der Waals surface area contributed by atoms with E-state index >= 15 is 4.39 Å². The van der Waals surface area contributed by atoms with Crippen LogP contribution < -0.4 is 11.1 Å². The maximum absolute atomic E-state index is 15.7. The number of rotatable bonds is 10. The minimum atomic E-state index is -4.27. The van der Waals surface area contributed by atoms with Crippen LogP contribution in [0.1, 0.15) is 48.0 Å². The van der Waals surface area contributed by atoms with E-state index in [1.807, 2.05) is 0 Å². The Kier molecular flexibility index (Phi) is 9.30. The second-order valence-electron chi connectivity index (χ2n) is 11.1. The Bertz CT molecular complexity index is 1710. The minimum Gasteiger partial charge on any atom is -0.480 e. The number of anilines is 1. The van der Waals surface area contributed by atoms with E-state index < -0.39 is 56.9 Å². The summed E-state index contributed by atoms with van der Waals surface area (Å²) in [5, 5.41) is 11.8. The van der Waals surface area contributed by atoms with Gasteiger partial charge in [0.05, 0.1) is 27.9 Å². The smallest absolute Gasteiger partial charge is 0.325 e. The number of aldehydes is 1. The molecule has 2 saturated heterocycles. The van der Waals surface area contributed by atoms with Gasteiger partial charge in [-0.05, 0) is 43.0 Å². The van der Waals surface area contributed by atoms with E-state index in [0.717, 1.165) is 18.9 Å². The van der Waals surface area contributed by atoms with E-state index in [4.69, 9.17) is 5.73 Å². The van der Waals surface area contributed by atoms with Gasteiger partial charge in [-0.1, -0.05) is 54.6 Å². The van der Waals surface area contributed by atoms with Crippen molar-refractivity contribution in [1.29, 1.82) is 0 Å². The van der Waals surface area contributed by atoms with Gasteiger partial charge in [-0.15, -0.1) is 0 Å². The quantitative estimate of drug-likeness (QED) is 0.285. The van der Waals surface area contributed by atoms with Crippen LogP contribution in [-0.2, 0) is 30.6 Å². The molecule has 0 radical (unpaired) electrons. The summed E-state index contributed by atoms with van der Waals surface area (Å²) in [5.41, 5.74) is 5.50. The van der Waals surface area contributed by atoms with Gasteiger partial charge in [0.25, 0.3) is 0 Å². The molecule has 0 saturated carbocycles. The molecule has 4 atom stereocenters. The lowest BCUT2D eigenvalue weighted by Crippen LogP contribution is -2.48. The van der Waals surface area contributed by atoms with Gasteiger partial charge in [-0.25, -0.2) is 17.6 Å². The van der Waals surface area contributed by atoms with E-state index in [-0.39, 0.29) is 40.1 Å². The molecule has 2 aliphatic rings. The van der Waals surface area contributed by atoms with Gasteiger partial charge in [-0.3, -0.25) is 14.5 Å². The Balaban J connectivity index is 1.79. The fourth-order valence-corrected chi connectivity index (χ4v) is 8.48.